The SMILES string of the molecule is C=C1CC[C@H]2C3=CCc4ccccc4[C@H]3CC[C@]12C. The van der Waals surface area contributed by atoms with Gasteiger partial charge in [0.1, 0.15) is 0 Å². The summed E-state index contributed by atoms with van der Waals surface area (Å²) in [6.45, 7) is 6.83. The summed E-state index contributed by atoms with van der Waals surface area (Å²) in [7, 11) is 0. The van der Waals surface area contributed by atoms with E-state index in [1.807, 2.05) is 0 Å². The van der Waals surface area contributed by atoms with Crippen LogP contribution in [0.25, 0.3) is 0 Å². The minimum absolute atomic E-state index is 0.397. The zero-order valence-corrected chi connectivity index (χ0v) is 11.8. The van der Waals surface area contributed by atoms with Crippen molar-refractivity contribution in [2.45, 2.75) is 44.9 Å². The highest BCUT2D eigenvalue weighted by Crippen LogP contribution is 2.60. The highest BCUT2D eigenvalue weighted by atomic mass is 14.5. The summed E-state index contributed by atoms with van der Waals surface area (Å²) in [5.41, 5.74) is 6.81. The standard InChI is InChI=1S/C19H22/c1-13-7-10-18-17-9-8-14-5-3-4-6-15(14)16(17)11-12-19(13,18)2/h3-6,9,16,18H,1,7-8,10-12H2,2H3/t16-,18+,19-/m1/s1. The van der Waals surface area contributed by atoms with Crippen LogP contribution >= 0.6 is 0 Å². The number of hydrogen-bond acceptors (Lipinski definition) is 0. The fourth-order valence-corrected chi connectivity index (χ4v) is 4.82. The molecule has 0 amide bonds. The third-order valence-corrected chi connectivity index (χ3v) is 6.06. The van der Waals surface area contributed by atoms with Crippen molar-refractivity contribution in [3.05, 3.63) is 59.2 Å². The first-order valence-electron chi connectivity index (χ1n) is 7.66. The van der Waals surface area contributed by atoms with Gasteiger partial charge >= 0.3 is 0 Å². The van der Waals surface area contributed by atoms with Gasteiger partial charge in [-0.3, -0.25) is 0 Å². The van der Waals surface area contributed by atoms with E-state index in [4.69, 9.17) is 0 Å². The van der Waals surface area contributed by atoms with Gasteiger partial charge in [0.05, 0.1) is 0 Å². The van der Waals surface area contributed by atoms with Crippen LogP contribution in [0.15, 0.2) is 48.1 Å². The van der Waals surface area contributed by atoms with Crippen molar-refractivity contribution in [2.75, 3.05) is 0 Å². The average molecular weight is 250 g/mol. The zero-order chi connectivity index (χ0) is 13.0. The Morgan fingerprint density at radius 3 is 2.95 bits per heavy atom. The normalized spacial score (nSPS) is 36.3. The highest BCUT2D eigenvalue weighted by Gasteiger charge is 2.48. The lowest BCUT2D eigenvalue weighted by atomic mass is 9.59. The molecule has 98 valence electrons. The summed E-state index contributed by atoms with van der Waals surface area (Å²) in [6, 6.07) is 9.06. The second-order valence-corrected chi connectivity index (χ2v) is 6.81. The molecule has 2 saturated carbocycles. The highest BCUT2D eigenvalue weighted by molar-refractivity contribution is 5.45. The molecule has 0 N–H and O–H groups in total. The van der Waals surface area contributed by atoms with Crippen molar-refractivity contribution in [3.63, 3.8) is 0 Å². The molecule has 0 heterocycles. The molecule has 2 fully saturated rings. The quantitative estimate of drug-likeness (QED) is 0.567. The molecule has 0 unspecified atom stereocenters. The Balaban J connectivity index is 1.79. The molecule has 0 saturated heterocycles. The van der Waals surface area contributed by atoms with Gasteiger partial charge in [-0.25, -0.2) is 0 Å². The predicted octanol–water partition coefficient (Wildman–Crippen LogP) is 5.02. The molecule has 0 spiro atoms. The lowest BCUT2D eigenvalue weighted by molar-refractivity contribution is 0.230. The van der Waals surface area contributed by atoms with Gasteiger partial charge < -0.3 is 0 Å². The maximum Gasteiger partial charge on any atom is 0.00545 e. The summed E-state index contributed by atoms with van der Waals surface area (Å²) in [5.74, 6) is 1.47. The fraction of sp³-hybridized carbons (Fsp3) is 0.474. The summed E-state index contributed by atoms with van der Waals surface area (Å²) in [6.07, 6.45) is 8.91. The number of benzene rings is 1. The van der Waals surface area contributed by atoms with Crippen molar-refractivity contribution >= 4 is 0 Å². The Morgan fingerprint density at radius 1 is 1.21 bits per heavy atom. The largest absolute Gasteiger partial charge is 0.0993 e. The van der Waals surface area contributed by atoms with Gasteiger partial charge in [-0.2, -0.15) is 0 Å². The fourth-order valence-electron chi connectivity index (χ4n) is 4.82. The lowest BCUT2D eigenvalue weighted by Crippen LogP contribution is -2.34. The molecule has 3 aliphatic carbocycles. The second-order valence-electron chi connectivity index (χ2n) is 6.81. The van der Waals surface area contributed by atoms with E-state index in [-0.39, 0.29) is 0 Å². The first-order chi connectivity index (χ1) is 9.20. The number of rotatable bonds is 0. The third-order valence-electron chi connectivity index (χ3n) is 6.06. The minimum Gasteiger partial charge on any atom is -0.0993 e. The summed E-state index contributed by atoms with van der Waals surface area (Å²) < 4.78 is 0. The molecular formula is C19H22. The van der Waals surface area contributed by atoms with Crippen LogP contribution < -0.4 is 0 Å². The maximum atomic E-state index is 4.36. The lowest BCUT2D eigenvalue weighted by Gasteiger charge is -2.45. The Labute approximate surface area is 116 Å². The molecule has 1 aromatic rings. The van der Waals surface area contributed by atoms with E-state index in [2.05, 4.69) is 43.8 Å². The van der Waals surface area contributed by atoms with E-state index in [9.17, 15) is 0 Å². The van der Waals surface area contributed by atoms with Gasteiger partial charge in [0.2, 0.25) is 0 Å². The Morgan fingerprint density at radius 2 is 2.05 bits per heavy atom. The Hall–Kier alpha value is -1.30. The first-order valence-corrected chi connectivity index (χ1v) is 7.66. The summed E-state index contributed by atoms with van der Waals surface area (Å²) >= 11 is 0. The van der Waals surface area contributed by atoms with E-state index in [0.717, 1.165) is 12.3 Å². The molecule has 3 aliphatic rings. The molecule has 3 atom stereocenters. The van der Waals surface area contributed by atoms with Crippen LogP contribution in [-0.2, 0) is 6.42 Å². The number of fused-ring (bicyclic) bond motifs is 5. The Bertz CT molecular complexity index is 577. The smallest absolute Gasteiger partial charge is 0.00545 e. The third kappa shape index (κ3) is 1.46. The van der Waals surface area contributed by atoms with Crippen LogP contribution in [-0.4, -0.2) is 0 Å². The van der Waals surface area contributed by atoms with E-state index in [0.29, 0.717) is 11.3 Å². The van der Waals surface area contributed by atoms with Crippen LogP contribution in [0, 0.1) is 11.3 Å². The minimum atomic E-state index is 0.397. The van der Waals surface area contributed by atoms with Crippen LogP contribution in [0.3, 0.4) is 0 Å². The van der Waals surface area contributed by atoms with E-state index < -0.39 is 0 Å². The maximum absolute atomic E-state index is 4.36. The molecular weight excluding hydrogens is 228 g/mol. The summed E-state index contributed by atoms with van der Waals surface area (Å²) in [4.78, 5) is 0. The van der Waals surface area contributed by atoms with Crippen molar-refractivity contribution in [1.29, 1.82) is 0 Å². The molecule has 0 bridgehead atoms. The number of hydrogen-bond donors (Lipinski definition) is 0. The average Bonchev–Trinajstić information content (AvgIpc) is 2.75. The van der Waals surface area contributed by atoms with Crippen molar-refractivity contribution in [1.82, 2.24) is 0 Å². The molecule has 0 aromatic heterocycles. The van der Waals surface area contributed by atoms with Gasteiger partial charge in [0.15, 0.2) is 0 Å². The molecule has 0 heteroatoms. The first kappa shape index (κ1) is 11.5. The summed E-state index contributed by atoms with van der Waals surface area (Å²) in [5, 5.41) is 0. The van der Waals surface area contributed by atoms with Gasteiger partial charge in [0, 0.05) is 5.92 Å². The van der Waals surface area contributed by atoms with Gasteiger partial charge in [0.25, 0.3) is 0 Å². The van der Waals surface area contributed by atoms with Crippen LogP contribution in [0.5, 0.6) is 0 Å². The van der Waals surface area contributed by atoms with Crippen LogP contribution in [0.2, 0.25) is 0 Å². The monoisotopic (exact) mass is 250 g/mol. The Kier molecular flexibility index (Phi) is 2.33. The van der Waals surface area contributed by atoms with Crippen molar-refractivity contribution < 1.29 is 0 Å². The van der Waals surface area contributed by atoms with E-state index in [1.54, 1.807) is 16.7 Å². The molecule has 0 radical (unpaired) electrons. The second kappa shape index (κ2) is 3.85. The van der Waals surface area contributed by atoms with Crippen molar-refractivity contribution in [3.8, 4) is 0 Å². The molecule has 0 aliphatic heterocycles. The van der Waals surface area contributed by atoms with E-state index in [1.165, 1.54) is 31.3 Å². The zero-order valence-electron chi connectivity index (χ0n) is 11.8. The van der Waals surface area contributed by atoms with Gasteiger partial charge in [-0.05, 0) is 54.6 Å². The molecule has 1 aromatic carbocycles. The van der Waals surface area contributed by atoms with Crippen molar-refractivity contribution in [2.24, 2.45) is 11.3 Å². The molecule has 4 rings (SSSR count). The van der Waals surface area contributed by atoms with Gasteiger partial charge in [-0.15, -0.1) is 0 Å². The predicted molar refractivity (Wildman–Crippen MR) is 80.2 cm³/mol. The topological polar surface area (TPSA) is 0 Å². The molecule has 0 nitrogen and oxygen atoms in total. The molecule has 19 heavy (non-hydrogen) atoms. The van der Waals surface area contributed by atoms with E-state index >= 15 is 0 Å². The van der Waals surface area contributed by atoms with Crippen LogP contribution in [0.4, 0.5) is 0 Å². The van der Waals surface area contributed by atoms with Crippen LogP contribution in [0.1, 0.15) is 49.7 Å². The number of allylic oxidation sites excluding steroid dienone is 3. The van der Waals surface area contributed by atoms with Gasteiger partial charge in [-0.1, -0.05) is 55.0 Å².